The van der Waals surface area contributed by atoms with Gasteiger partial charge in [-0.05, 0) is 29.3 Å². The molecule has 0 N–H and O–H groups in total. The van der Waals surface area contributed by atoms with Gasteiger partial charge < -0.3 is 4.23 Å². The second-order valence-electron chi connectivity index (χ2n) is 8.51. The zero-order chi connectivity index (χ0) is 17.9. The smallest absolute Gasteiger partial charge is 0.148 e. The lowest BCUT2D eigenvalue weighted by Crippen LogP contribution is -2.74. The van der Waals surface area contributed by atoms with Gasteiger partial charge in [-0.1, -0.05) is 106 Å². The first-order chi connectivity index (χ1) is 11.9. The molecule has 1 saturated carbocycles. The van der Waals surface area contributed by atoms with Crippen LogP contribution in [0.5, 0.6) is 0 Å². The third-order valence-electron chi connectivity index (χ3n) is 6.10. The largest absolute Gasteiger partial charge is 0.336 e. The van der Waals surface area contributed by atoms with Gasteiger partial charge in [-0.2, -0.15) is 0 Å². The Morgan fingerprint density at radius 1 is 0.640 bits per heavy atom. The molecule has 0 aromatic heterocycles. The minimum atomic E-state index is -1.72. The lowest BCUT2D eigenvalue weighted by molar-refractivity contribution is 0.328. The van der Waals surface area contributed by atoms with Gasteiger partial charge in [0.2, 0.25) is 0 Å². The lowest BCUT2D eigenvalue weighted by atomic mass is 9.96. The summed E-state index contributed by atoms with van der Waals surface area (Å²) < 4.78 is 3.09. The van der Waals surface area contributed by atoms with Crippen LogP contribution in [0.2, 0.25) is 26.2 Å². The maximum Gasteiger partial charge on any atom is 0.148 e. The molecule has 0 radical (unpaired) electrons. The molecule has 0 unspecified atom stereocenters. The summed E-state index contributed by atoms with van der Waals surface area (Å²) in [5, 5.41) is 3.16. The fourth-order valence-electron chi connectivity index (χ4n) is 4.92. The van der Waals surface area contributed by atoms with Crippen molar-refractivity contribution < 1.29 is 0 Å². The summed E-state index contributed by atoms with van der Waals surface area (Å²) in [6.07, 6.45) is 6.99. The third-order valence-corrected chi connectivity index (χ3v) is 16.1. The zero-order valence-electron chi connectivity index (χ0n) is 16.3. The van der Waals surface area contributed by atoms with Gasteiger partial charge in [-0.25, -0.2) is 0 Å². The van der Waals surface area contributed by atoms with E-state index in [0.29, 0.717) is 0 Å². The van der Waals surface area contributed by atoms with Crippen molar-refractivity contribution in [2.45, 2.75) is 64.3 Å². The molecule has 0 spiro atoms. The average Bonchev–Trinajstić information content (AvgIpc) is 2.64. The van der Waals surface area contributed by atoms with Gasteiger partial charge in [0.1, 0.15) is 16.5 Å². The monoisotopic (exact) mass is 367 g/mol. The highest BCUT2D eigenvalue weighted by Crippen LogP contribution is 2.31. The van der Waals surface area contributed by atoms with Crippen LogP contribution in [0.3, 0.4) is 0 Å². The van der Waals surface area contributed by atoms with Crippen molar-refractivity contribution in [3.63, 3.8) is 0 Å². The molecule has 1 nitrogen and oxygen atoms in total. The Bertz CT molecular complexity index is 609. The van der Waals surface area contributed by atoms with Gasteiger partial charge in [0.25, 0.3) is 0 Å². The van der Waals surface area contributed by atoms with Crippen LogP contribution in [0.25, 0.3) is 0 Å². The predicted octanol–water partition coefficient (Wildman–Crippen LogP) is 4.85. The molecule has 134 valence electrons. The van der Waals surface area contributed by atoms with Crippen LogP contribution in [-0.4, -0.2) is 26.7 Å². The summed E-state index contributed by atoms with van der Waals surface area (Å²) in [5.74, 6) is 0. The molecule has 0 atom stereocenters. The van der Waals surface area contributed by atoms with Crippen molar-refractivity contribution in [2.24, 2.45) is 0 Å². The molecular formula is C22H33NSi2. The molecule has 2 aromatic rings. The van der Waals surface area contributed by atoms with Crippen LogP contribution in [-0.2, 0) is 0 Å². The van der Waals surface area contributed by atoms with Crippen LogP contribution >= 0.6 is 0 Å². The second kappa shape index (κ2) is 7.60. The number of rotatable bonds is 5. The van der Waals surface area contributed by atoms with Crippen LogP contribution in [0.1, 0.15) is 32.1 Å². The van der Waals surface area contributed by atoms with Crippen LogP contribution in [0.15, 0.2) is 60.7 Å². The molecule has 3 rings (SSSR count). The van der Waals surface area contributed by atoms with Crippen molar-refractivity contribution in [3.05, 3.63) is 60.7 Å². The molecule has 0 heterocycles. The molecule has 0 aliphatic heterocycles. The SMILES string of the molecule is C[Si](C)(c1ccccc1)N(C1CCCCC1)[Si](C)(C)c1ccccc1. The van der Waals surface area contributed by atoms with E-state index in [1.165, 1.54) is 32.1 Å². The van der Waals surface area contributed by atoms with Crippen molar-refractivity contribution >= 4 is 26.8 Å². The molecule has 25 heavy (non-hydrogen) atoms. The standard InChI is InChI=1S/C22H33NSi2/c1-24(2,21-16-10-6-11-17-21)23(20-14-8-5-9-15-20)25(3,4)22-18-12-7-13-19-22/h6-7,10-13,16-20H,5,8-9,14-15H2,1-4H3. The molecule has 1 aliphatic rings. The van der Waals surface area contributed by atoms with Gasteiger partial charge in [-0.15, -0.1) is 0 Å². The summed E-state index contributed by atoms with van der Waals surface area (Å²) in [7, 11) is -3.44. The maximum atomic E-state index is 3.09. The summed E-state index contributed by atoms with van der Waals surface area (Å²) >= 11 is 0. The minimum absolute atomic E-state index is 0.762. The van der Waals surface area contributed by atoms with Crippen molar-refractivity contribution in [2.75, 3.05) is 0 Å². The number of benzene rings is 2. The van der Waals surface area contributed by atoms with Gasteiger partial charge in [-0.3, -0.25) is 0 Å². The fraction of sp³-hybridized carbons (Fsp3) is 0.455. The molecule has 1 fully saturated rings. The molecule has 2 aromatic carbocycles. The highest BCUT2D eigenvalue weighted by atomic mass is 28.4. The zero-order valence-corrected chi connectivity index (χ0v) is 18.3. The van der Waals surface area contributed by atoms with Crippen molar-refractivity contribution in [1.29, 1.82) is 0 Å². The Kier molecular flexibility index (Phi) is 5.66. The third kappa shape index (κ3) is 3.84. The topological polar surface area (TPSA) is 3.24 Å². The minimum Gasteiger partial charge on any atom is -0.336 e. The summed E-state index contributed by atoms with van der Waals surface area (Å²) in [4.78, 5) is 0. The first-order valence-corrected chi connectivity index (χ1v) is 15.7. The Balaban J connectivity index is 2.06. The Morgan fingerprint density at radius 3 is 1.44 bits per heavy atom. The van der Waals surface area contributed by atoms with E-state index >= 15 is 0 Å². The van der Waals surface area contributed by atoms with E-state index < -0.39 is 16.5 Å². The molecule has 0 bridgehead atoms. The lowest BCUT2D eigenvalue weighted by Gasteiger charge is -2.53. The fourth-order valence-corrected chi connectivity index (χ4v) is 16.2. The first-order valence-electron chi connectivity index (χ1n) is 9.84. The number of hydrogen-bond donors (Lipinski definition) is 0. The summed E-state index contributed by atoms with van der Waals surface area (Å²) in [6.45, 7) is 10.3. The highest BCUT2D eigenvalue weighted by molar-refractivity contribution is 7.02. The maximum absolute atomic E-state index is 3.09. The van der Waals surface area contributed by atoms with Gasteiger partial charge in [0.05, 0.1) is 0 Å². The van der Waals surface area contributed by atoms with Gasteiger partial charge in [0, 0.05) is 0 Å². The Hall–Kier alpha value is -1.17. The van der Waals surface area contributed by atoms with E-state index in [2.05, 4.69) is 91.1 Å². The normalized spacial score (nSPS) is 17.0. The van der Waals surface area contributed by atoms with Crippen LogP contribution in [0, 0.1) is 0 Å². The highest BCUT2D eigenvalue weighted by Gasteiger charge is 2.46. The van der Waals surface area contributed by atoms with Crippen molar-refractivity contribution in [1.82, 2.24) is 4.23 Å². The van der Waals surface area contributed by atoms with E-state index in [1.807, 2.05) is 0 Å². The Morgan fingerprint density at radius 2 is 1.04 bits per heavy atom. The first kappa shape index (κ1) is 18.6. The van der Waals surface area contributed by atoms with Crippen LogP contribution in [0.4, 0.5) is 0 Å². The molecule has 0 amide bonds. The number of hydrogen-bond acceptors (Lipinski definition) is 1. The second-order valence-corrected chi connectivity index (χ2v) is 17.3. The molecular weight excluding hydrogens is 334 g/mol. The molecule has 1 aliphatic carbocycles. The molecule has 3 heteroatoms. The van der Waals surface area contributed by atoms with E-state index in [-0.39, 0.29) is 0 Å². The summed E-state index contributed by atoms with van der Waals surface area (Å²) in [6, 6.07) is 23.4. The number of nitrogens with zero attached hydrogens (tertiary/aromatic N) is 1. The van der Waals surface area contributed by atoms with Crippen LogP contribution < -0.4 is 10.4 Å². The van der Waals surface area contributed by atoms with Gasteiger partial charge >= 0.3 is 0 Å². The van der Waals surface area contributed by atoms with Gasteiger partial charge in [0.15, 0.2) is 0 Å². The predicted molar refractivity (Wildman–Crippen MR) is 116 cm³/mol. The van der Waals surface area contributed by atoms with E-state index in [0.717, 1.165) is 6.04 Å². The van der Waals surface area contributed by atoms with E-state index in [9.17, 15) is 0 Å². The van der Waals surface area contributed by atoms with Crippen molar-refractivity contribution in [3.8, 4) is 0 Å². The average molecular weight is 368 g/mol. The Labute approximate surface area is 156 Å². The summed E-state index contributed by atoms with van der Waals surface area (Å²) in [5.41, 5.74) is 0. The quantitative estimate of drug-likeness (QED) is 0.683. The van der Waals surface area contributed by atoms with E-state index in [1.54, 1.807) is 10.4 Å². The van der Waals surface area contributed by atoms with E-state index in [4.69, 9.17) is 0 Å². The molecule has 0 saturated heterocycles.